The average molecular weight is 329 g/mol. The molecule has 24 heavy (non-hydrogen) atoms. The molecule has 9 heteroatoms. The van der Waals surface area contributed by atoms with E-state index in [0.717, 1.165) is 37.1 Å². The molecule has 1 aliphatic heterocycles. The monoisotopic (exact) mass is 329 g/mol. The minimum Gasteiger partial charge on any atom is -0.394 e. The SMILES string of the molecule is OCCn1ncc2c(Nc3cnn(C[C@@H]4CCCO4)c3)ncnc21. The first-order chi connectivity index (χ1) is 11.8. The molecule has 9 nitrogen and oxygen atoms in total. The van der Waals surface area contributed by atoms with Crippen LogP contribution < -0.4 is 5.32 Å². The third-order valence-electron chi connectivity index (χ3n) is 4.06. The van der Waals surface area contributed by atoms with E-state index in [-0.39, 0.29) is 12.7 Å². The number of rotatable bonds is 6. The van der Waals surface area contributed by atoms with Crippen LogP contribution in [0.25, 0.3) is 11.0 Å². The molecule has 0 saturated carbocycles. The van der Waals surface area contributed by atoms with Crippen molar-refractivity contribution < 1.29 is 9.84 Å². The second kappa shape index (κ2) is 6.54. The van der Waals surface area contributed by atoms with Gasteiger partial charge in [-0.3, -0.25) is 4.68 Å². The largest absolute Gasteiger partial charge is 0.394 e. The molecule has 0 aromatic carbocycles. The van der Waals surface area contributed by atoms with E-state index in [0.29, 0.717) is 18.0 Å². The number of hydrogen-bond acceptors (Lipinski definition) is 7. The van der Waals surface area contributed by atoms with Gasteiger partial charge in [0.15, 0.2) is 5.65 Å². The lowest BCUT2D eigenvalue weighted by molar-refractivity contribution is 0.0940. The summed E-state index contributed by atoms with van der Waals surface area (Å²) in [4.78, 5) is 8.52. The molecule has 4 heterocycles. The molecule has 0 amide bonds. The van der Waals surface area contributed by atoms with Crippen molar-refractivity contribution in [3.63, 3.8) is 0 Å². The van der Waals surface area contributed by atoms with E-state index in [1.54, 1.807) is 17.1 Å². The molecule has 0 spiro atoms. The van der Waals surface area contributed by atoms with Gasteiger partial charge in [-0.1, -0.05) is 0 Å². The molecule has 3 aromatic heterocycles. The van der Waals surface area contributed by atoms with Crippen molar-refractivity contribution in [2.45, 2.75) is 32.0 Å². The highest BCUT2D eigenvalue weighted by Gasteiger charge is 2.16. The molecule has 1 atom stereocenters. The van der Waals surface area contributed by atoms with Crippen molar-refractivity contribution in [3.8, 4) is 0 Å². The Labute approximate surface area is 138 Å². The number of aliphatic hydroxyl groups excluding tert-OH is 1. The summed E-state index contributed by atoms with van der Waals surface area (Å²) < 4.78 is 9.17. The van der Waals surface area contributed by atoms with Gasteiger partial charge in [0.05, 0.1) is 49.3 Å². The van der Waals surface area contributed by atoms with Crippen molar-refractivity contribution >= 4 is 22.5 Å². The fraction of sp³-hybridized carbons (Fsp3) is 0.467. The van der Waals surface area contributed by atoms with Crippen LogP contribution in [0, 0.1) is 0 Å². The number of fused-ring (bicyclic) bond motifs is 1. The predicted octanol–water partition coefficient (Wildman–Crippen LogP) is 0.938. The number of nitrogens with zero attached hydrogens (tertiary/aromatic N) is 6. The molecule has 126 valence electrons. The Balaban J connectivity index is 1.52. The number of anilines is 2. The van der Waals surface area contributed by atoms with Crippen LogP contribution in [0.5, 0.6) is 0 Å². The fourth-order valence-electron chi connectivity index (χ4n) is 2.91. The van der Waals surface area contributed by atoms with Crippen LogP contribution in [0.15, 0.2) is 24.9 Å². The number of aliphatic hydroxyl groups is 1. The van der Waals surface area contributed by atoms with E-state index in [4.69, 9.17) is 9.84 Å². The molecular formula is C15H19N7O2. The van der Waals surface area contributed by atoms with Crippen LogP contribution in [0.2, 0.25) is 0 Å². The van der Waals surface area contributed by atoms with Crippen molar-refractivity contribution in [1.29, 1.82) is 0 Å². The van der Waals surface area contributed by atoms with Crippen LogP contribution >= 0.6 is 0 Å². The van der Waals surface area contributed by atoms with Gasteiger partial charge in [0.2, 0.25) is 0 Å². The Morgan fingerprint density at radius 1 is 1.29 bits per heavy atom. The summed E-state index contributed by atoms with van der Waals surface area (Å²) in [6, 6.07) is 0. The van der Waals surface area contributed by atoms with Gasteiger partial charge in [0.25, 0.3) is 0 Å². The van der Waals surface area contributed by atoms with Gasteiger partial charge in [-0.25, -0.2) is 14.6 Å². The van der Waals surface area contributed by atoms with E-state index < -0.39 is 0 Å². The maximum absolute atomic E-state index is 9.08. The normalized spacial score (nSPS) is 17.6. The smallest absolute Gasteiger partial charge is 0.163 e. The summed E-state index contributed by atoms with van der Waals surface area (Å²) in [5.74, 6) is 0.667. The molecule has 0 radical (unpaired) electrons. The zero-order valence-corrected chi connectivity index (χ0v) is 13.2. The van der Waals surface area contributed by atoms with Gasteiger partial charge in [-0.15, -0.1) is 0 Å². The number of aromatic nitrogens is 6. The van der Waals surface area contributed by atoms with E-state index in [9.17, 15) is 0 Å². The van der Waals surface area contributed by atoms with Gasteiger partial charge in [-0.05, 0) is 12.8 Å². The quantitative estimate of drug-likeness (QED) is 0.693. The van der Waals surface area contributed by atoms with E-state index in [2.05, 4.69) is 25.5 Å². The Morgan fingerprint density at radius 3 is 3.08 bits per heavy atom. The Morgan fingerprint density at radius 2 is 2.25 bits per heavy atom. The summed E-state index contributed by atoms with van der Waals surface area (Å²) in [7, 11) is 0. The maximum atomic E-state index is 9.08. The van der Waals surface area contributed by atoms with Crippen molar-refractivity contribution in [2.24, 2.45) is 0 Å². The van der Waals surface area contributed by atoms with Gasteiger partial charge >= 0.3 is 0 Å². The molecule has 1 fully saturated rings. The number of hydrogen-bond donors (Lipinski definition) is 2. The molecule has 0 unspecified atom stereocenters. The van der Waals surface area contributed by atoms with E-state index >= 15 is 0 Å². The Hall–Kier alpha value is -2.52. The molecular weight excluding hydrogens is 310 g/mol. The summed E-state index contributed by atoms with van der Waals surface area (Å²) in [5, 5.41) is 21.7. The lowest BCUT2D eigenvalue weighted by Gasteiger charge is -2.08. The molecule has 0 bridgehead atoms. The second-order valence-electron chi connectivity index (χ2n) is 5.76. The first kappa shape index (κ1) is 15.0. The third-order valence-corrected chi connectivity index (χ3v) is 4.06. The van der Waals surface area contributed by atoms with Crippen molar-refractivity contribution in [3.05, 3.63) is 24.9 Å². The minimum atomic E-state index is 0.0134. The molecule has 0 aliphatic carbocycles. The molecule has 4 rings (SSSR count). The van der Waals surface area contributed by atoms with E-state index in [1.807, 2.05) is 10.9 Å². The maximum Gasteiger partial charge on any atom is 0.163 e. The van der Waals surface area contributed by atoms with Gasteiger partial charge in [-0.2, -0.15) is 10.2 Å². The number of nitrogens with one attached hydrogen (secondary N) is 1. The highest BCUT2D eigenvalue weighted by molar-refractivity contribution is 5.87. The molecule has 1 aliphatic rings. The Bertz CT molecular complexity index is 822. The standard InChI is InChI=1S/C15H19N7O2/c23-4-3-22-15-13(7-19-22)14(16-10-17-15)20-11-6-18-21(8-11)9-12-2-1-5-24-12/h6-8,10,12,23H,1-5,9H2,(H,16,17,20)/t12-/m0/s1. The van der Waals surface area contributed by atoms with Crippen LogP contribution in [0.1, 0.15) is 12.8 Å². The summed E-state index contributed by atoms with van der Waals surface area (Å²) >= 11 is 0. The Kier molecular flexibility index (Phi) is 4.09. The zero-order chi connectivity index (χ0) is 16.4. The predicted molar refractivity (Wildman–Crippen MR) is 86.9 cm³/mol. The highest BCUT2D eigenvalue weighted by atomic mass is 16.5. The minimum absolute atomic E-state index is 0.0134. The summed E-state index contributed by atoms with van der Waals surface area (Å²) in [6.45, 7) is 2.02. The topological polar surface area (TPSA) is 103 Å². The highest BCUT2D eigenvalue weighted by Crippen LogP contribution is 2.22. The van der Waals surface area contributed by atoms with Crippen molar-refractivity contribution in [1.82, 2.24) is 29.5 Å². The van der Waals surface area contributed by atoms with Crippen molar-refractivity contribution in [2.75, 3.05) is 18.5 Å². The van der Waals surface area contributed by atoms with Crippen LogP contribution in [-0.2, 0) is 17.8 Å². The van der Waals surface area contributed by atoms with E-state index in [1.165, 1.54) is 6.33 Å². The molecule has 1 saturated heterocycles. The first-order valence-corrected chi connectivity index (χ1v) is 8.02. The third kappa shape index (κ3) is 2.95. The van der Waals surface area contributed by atoms with Gasteiger partial charge < -0.3 is 15.2 Å². The lowest BCUT2D eigenvalue weighted by Crippen LogP contribution is -2.15. The first-order valence-electron chi connectivity index (χ1n) is 8.02. The molecule has 2 N–H and O–H groups in total. The van der Waals surface area contributed by atoms with Crippen LogP contribution in [-0.4, -0.2) is 54.0 Å². The van der Waals surface area contributed by atoms with Crippen LogP contribution in [0.4, 0.5) is 11.5 Å². The van der Waals surface area contributed by atoms with Crippen LogP contribution in [0.3, 0.4) is 0 Å². The zero-order valence-electron chi connectivity index (χ0n) is 13.2. The fourth-order valence-corrected chi connectivity index (χ4v) is 2.91. The molecule has 3 aromatic rings. The lowest BCUT2D eigenvalue weighted by atomic mass is 10.2. The van der Waals surface area contributed by atoms with Gasteiger partial charge in [0, 0.05) is 12.8 Å². The number of ether oxygens (including phenoxy) is 1. The summed E-state index contributed by atoms with van der Waals surface area (Å²) in [6.07, 6.45) is 9.34. The average Bonchev–Trinajstić information content (AvgIpc) is 3.31. The summed E-state index contributed by atoms with van der Waals surface area (Å²) in [5.41, 5.74) is 1.54. The van der Waals surface area contributed by atoms with Gasteiger partial charge in [0.1, 0.15) is 12.1 Å². The second-order valence-corrected chi connectivity index (χ2v) is 5.76.